The van der Waals surface area contributed by atoms with Gasteiger partial charge in [-0.1, -0.05) is 54.6 Å². The Hall–Kier alpha value is -2.69. The third-order valence-electron chi connectivity index (χ3n) is 4.23. The summed E-state index contributed by atoms with van der Waals surface area (Å²) in [5.74, 6) is -0.835. The molecule has 0 bridgehead atoms. The lowest BCUT2D eigenvalue weighted by atomic mass is 10.0. The minimum Gasteiger partial charge on any atom is -0.480 e. The Kier molecular flexibility index (Phi) is 4.22. The fourth-order valence-electron chi connectivity index (χ4n) is 3.08. The summed E-state index contributed by atoms with van der Waals surface area (Å²) < 4.78 is 1.24. The van der Waals surface area contributed by atoms with Crippen molar-refractivity contribution in [2.24, 2.45) is 0 Å². The molecular formula is C21H17NO2S. The maximum atomic E-state index is 10.6. The highest BCUT2D eigenvalue weighted by Crippen LogP contribution is 2.36. The van der Waals surface area contributed by atoms with Gasteiger partial charge in [0.05, 0.1) is 6.54 Å². The SMILES string of the molecule is O=C(O)CNCc1cc2cccc(-c3ccc4ccccc4c3)c2s1. The summed E-state index contributed by atoms with van der Waals surface area (Å²) in [6.45, 7) is 0.550. The third-order valence-corrected chi connectivity index (χ3v) is 5.42. The van der Waals surface area contributed by atoms with Crippen molar-refractivity contribution in [3.8, 4) is 11.1 Å². The average molecular weight is 347 g/mol. The van der Waals surface area contributed by atoms with E-state index < -0.39 is 5.97 Å². The van der Waals surface area contributed by atoms with Gasteiger partial charge < -0.3 is 10.4 Å². The zero-order chi connectivity index (χ0) is 17.2. The second kappa shape index (κ2) is 6.67. The Morgan fingerprint density at radius 1 is 0.920 bits per heavy atom. The minimum atomic E-state index is -0.835. The molecule has 4 rings (SSSR count). The number of carboxylic acid groups (broad SMARTS) is 1. The lowest BCUT2D eigenvalue weighted by Gasteiger charge is -2.05. The van der Waals surface area contributed by atoms with Crippen LogP contribution in [0.4, 0.5) is 0 Å². The molecule has 1 aromatic heterocycles. The molecule has 4 aromatic rings. The van der Waals surface area contributed by atoms with E-state index in [2.05, 4.69) is 72.0 Å². The summed E-state index contributed by atoms with van der Waals surface area (Å²) in [4.78, 5) is 11.8. The quantitative estimate of drug-likeness (QED) is 0.540. The van der Waals surface area contributed by atoms with Gasteiger partial charge in [-0.25, -0.2) is 0 Å². The van der Waals surface area contributed by atoms with Crippen molar-refractivity contribution in [2.75, 3.05) is 6.54 Å². The molecule has 0 saturated carbocycles. The van der Waals surface area contributed by atoms with Gasteiger partial charge in [-0.15, -0.1) is 11.3 Å². The van der Waals surface area contributed by atoms with Crippen molar-refractivity contribution < 1.29 is 9.90 Å². The fourth-order valence-corrected chi connectivity index (χ4v) is 4.24. The molecule has 0 aliphatic rings. The summed E-state index contributed by atoms with van der Waals surface area (Å²) in [7, 11) is 0. The van der Waals surface area contributed by atoms with E-state index in [1.807, 2.05) is 0 Å². The first-order chi connectivity index (χ1) is 12.2. The van der Waals surface area contributed by atoms with Crippen molar-refractivity contribution in [2.45, 2.75) is 6.54 Å². The van der Waals surface area contributed by atoms with E-state index in [-0.39, 0.29) is 6.54 Å². The number of rotatable bonds is 5. The van der Waals surface area contributed by atoms with Gasteiger partial charge in [0.1, 0.15) is 0 Å². The number of thiophene rings is 1. The predicted octanol–water partition coefficient (Wildman–Crippen LogP) is 4.90. The second-order valence-corrected chi connectivity index (χ2v) is 7.13. The highest BCUT2D eigenvalue weighted by Gasteiger charge is 2.09. The van der Waals surface area contributed by atoms with Crippen LogP contribution in [-0.4, -0.2) is 17.6 Å². The number of hydrogen-bond acceptors (Lipinski definition) is 3. The Labute approximate surface area is 149 Å². The molecule has 2 N–H and O–H groups in total. The van der Waals surface area contributed by atoms with Crippen LogP contribution in [0, 0.1) is 0 Å². The van der Waals surface area contributed by atoms with E-state index in [1.54, 1.807) is 11.3 Å². The number of carbonyl (C=O) groups is 1. The molecule has 0 atom stereocenters. The number of carboxylic acids is 1. The smallest absolute Gasteiger partial charge is 0.317 e. The number of aliphatic carboxylic acids is 1. The van der Waals surface area contributed by atoms with Gasteiger partial charge in [-0.2, -0.15) is 0 Å². The van der Waals surface area contributed by atoms with Crippen LogP contribution in [-0.2, 0) is 11.3 Å². The lowest BCUT2D eigenvalue weighted by molar-refractivity contribution is -0.135. The zero-order valence-corrected chi connectivity index (χ0v) is 14.3. The van der Waals surface area contributed by atoms with Crippen LogP contribution in [0.1, 0.15) is 4.88 Å². The first kappa shape index (κ1) is 15.8. The van der Waals surface area contributed by atoms with Crippen LogP contribution in [0.15, 0.2) is 66.7 Å². The normalized spacial score (nSPS) is 11.2. The van der Waals surface area contributed by atoms with Gasteiger partial charge in [-0.05, 0) is 39.4 Å². The number of hydrogen-bond donors (Lipinski definition) is 2. The van der Waals surface area contributed by atoms with Crippen LogP contribution in [0.25, 0.3) is 32.0 Å². The van der Waals surface area contributed by atoms with Crippen LogP contribution in [0.2, 0.25) is 0 Å². The molecule has 4 heteroatoms. The Morgan fingerprint density at radius 3 is 2.56 bits per heavy atom. The van der Waals surface area contributed by atoms with Crippen LogP contribution in [0.3, 0.4) is 0 Å². The number of benzene rings is 3. The van der Waals surface area contributed by atoms with Crippen LogP contribution >= 0.6 is 11.3 Å². The molecule has 0 saturated heterocycles. The largest absolute Gasteiger partial charge is 0.480 e. The summed E-state index contributed by atoms with van der Waals surface area (Å²) in [6, 6.07) is 23.4. The van der Waals surface area contributed by atoms with Gasteiger partial charge in [0.25, 0.3) is 0 Å². The average Bonchev–Trinajstić information content (AvgIpc) is 3.03. The van der Waals surface area contributed by atoms with Gasteiger partial charge in [-0.3, -0.25) is 4.79 Å². The number of nitrogens with one attached hydrogen (secondary N) is 1. The van der Waals surface area contributed by atoms with E-state index in [4.69, 9.17) is 5.11 Å². The molecule has 0 unspecified atom stereocenters. The van der Waals surface area contributed by atoms with Crippen LogP contribution in [0.5, 0.6) is 0 Å². The maximum Gasteiger partial charge on any atom is 0.317 e. The summed E-state index contributed by atoms with van der Waals surface area (Å²) >= 11 is 1.72. The van der Waals surface area contributed by atoms with Crippen molar-refractivity contribution in [3.05, 3.63) is 71.6 Å². The standard InChI is InChI=1S/C21H17NO2S/c23-20(24)13-22-12-18-11-17-6-3-7-19(21(17)25-18)16-9-8-14-4-1-2-5-15(14)10-16/h1-11,22H,12-13H2,(H,23,24). The summed E-state index contributed by atoms with van der Waals surface area (Å²) in [5, 5.41) is 15.4. The Balaban J connectivity index is 1.73. The molecule has 0 amide bonds. The molecule has 1 heterocycles. The molecule has 0 spiro atoms. The first-order valence-electron chi connectivity index (χ1n) is 8.14. The van der Waals surface area contributed by atoms with E-state index >= 15 is 0 Å². The van der Waals surface area contributed by atoms with Crippen molar-refractivity contribution in [1.82, 2.24) is 5.32 Å². The second-order valence-electron chi connectivity index (χ2n) is 6.00. The predicted molar refractivity (Wildman–Crippen MR) is 104 cm³/mol. The highest BCUT2D eigenvalue weighted by atomic mass is 32.1. The van der Waals surface area contributed by atoms with Crippen molar-refractivity contribution in [3.63, 3.8) is 0 Å². The van der Waals surface area contributed by atoms with E-state index in [1.165, 1.54) is 32.0 Å². The molecule has 3 nitrogen and oxygen atoms in total. The number of fused-ring (bicyclic) bond motifs is 2. The molecule has 3 aromatic carbocycles. The highest BCUT2D eigenvalue weighted by molar-refractivity contribution is 7.19. The third kappa shape index (κ3) is 3.27. The van der Waals surface area contributed by atoms with Gasteiger partial charge in [0.2, 0.25) is 0 Å². The van der Waals surface area contributed by atoms with E-state index in [0.29, 0.717) is 6.54 Å². The monoisotopic (exact) mass is 347 g/mol. The Bertz CT molecular complexity index is 1070. The molecule has 0 radical (unpaired) electrons. The molecule has 0 aliphatic carbocycles. The zero-order valence-electron chi connectivity index (χ0n) is 13.5. The van der Waals surface area contributed by atoms with E-state index in [0.717, 1.165) is 4.88 Å². The molecule has 25 heavy (non-hydrogen) atoms. The summed E-state index contributed by atoms with van der Waals surface area (Å²) in [6.07, 6.45) is 0. The minimum absolute atomic E-state index is 0.0220. The fraction of sp³-hybridized carbons (Fsp3) is 0.0952. The van der Waals surface area contributed by atoms with Crippen molar-refractivity contribution in [1.29, 1.82) is 0 Å². The molecular weight excluding hydrogens is 330 g/mol. The van der Waals surface area contributed by atoms with Gasteiger partial charge >= 0.3 is 5.97 Å². The summed E-state index contributed by atoms with van der Waals surface area (Å²) in [5.41, 5.74) is 2.42. The maximum absolute atomic E-state index is 10.6. The molecule has 0 aliphatic heterocycles. The lowest BCUT2D eigenvalue weighted by Crippen LogP contribution is -2.21. The van der Waals surface area contributed by atoms with Gasteiger partial charge in [0, 0.05) is 16.1 Å². The van der Waals surface area contributed by atoms with Crippen LogP contribution < -0.4 is 5.32 Å². The first-order valence-corrected chi connectivity index (χ1v) is 8.95. The molecule has 0 fully saturated rings. The Morgan fingerprint density at radius 2 is 1.72 bits per heavy atom. The van der Waals surface area contributed by atoms with Crippen molar-refractivity contribution >= 4 is 38.2 Å². The van der Waals surface area contributed by atoms with E-state index in [9.17, 15) is 4.79 Å². The molecule has 124 valence electrons. The topological polar surface area (TPSA) is 49.3 Å². The van der Waals surface area contributed by atoms with Gasteiger partial charge in [0.15, 0.2) is 0 Å².